The Kier molecular flexibility index (Phi) is 21.1. The third kappa shape index (κ3) is 15.1. The van der Waals surface area contributed by atoms with Crippen molar-refractivity contribution in [3.8, 4) is 0 Å². The van der Waals surface area contributed by atoms with E-state index in [1.54, 1.807) is 0 Å². The first-order valence-corrected chi connectivity index (χ1v) is 11.0. The van der Waals surface area contributed by atoms with Gasteiger partial charge in [0.05, 0.1) is 26.2 Å². The Morgan fingerprint density at radius 2 is 0.960 bits per heavy atom. The van der Waals surface area contributed by atoms with E-state index in [0.29, 0.717) is 5.78 Å². The van der Waals surface area contributed by atoms with Gasteiger partial charge in [0.15, 0.2) is 0 Å². The van der Waals surface area contributed by atoms with Gasteiger partial charge in [-0.05, 0) is 38.5 Å². The Hall–Kier alpha value is 0.360. The number of carbonyl (C=O) groups is 1. The van der Waals surface area contributed by atoms with Crippen LogP contribution in [0, 0.1) is 0 Å². The van der Waals surface area contributed by atoms with Gasteiger partial charge in [-0.1, -0.05) is 59.8 Å². The number of quaternary nitrogens is 1. The minimum absolute atomic E-state index is 0. The zero-order chi connectivity index (χ0) is 18.1. The van der Waals surface area contributed by atoms with Crippen molar-refractivity contribution in [2.75, 3.05) is 26.2 Å². The smallest absolute Gasteiger partial charge is 0.132 e. The van der Waals surface area contributed by atoms with E-state index >= 15 is 0 Å². The van der Waals surface area contributed by atoms with E-state index in [2.05, 4.69) is 27.7 Å². The minimum atomic E-state index is 0. The molecule has 0 aliphatic heterocycles. The van der Waals surface area contributed by atoms with Crippen LogP contribution >= 0.6 is 0 Å². The second-order valence-corrected chi connectivity index (χ2v) is 7.75. The van der Waals surface area contributed by atoms with Crippen LogP contribution in [0.2, 0.25) is 0 Å². The number of carbonyl (C=O) groups excluding carboxylic acids is 1. The maximum atomic E-state index is 10.5. The third-order valence-electron chi connectivity index (χ3n) is 5.36. The molecule has 0 N–H and O–H groups in total. The van der Waals surface area contributed by atoms with Gasteiger partial charge >= 0.3 is 0 Å². The highest BCUT2D eigenvalue weighted by Crippen LogP contribution is 2.16. The Morgan fingerprint density at radius 1 is 0.640 bits per heavy atom. The molecule has 0 unspecified atom stereocenters. The van der Waals surface area contributed by atoms with Gasteiger partial charge in [0.2, 0.25) is 0 Å². The molecule has 0 atom stereocenters. The maximum absolute atomic E-state index is 10.5. The molecule has 1 aliphatic rings. The predicted molar refractivity (Wildman–Crippen MR) is 107 cm³/mol. The number of unbranched alkanes of at least 4 members (excludes halogenated alkanes) is 4. The van der Waals surface area contributed by atoms with Crippen LogP contribution in [0.15, 0.2) is 0 Å². The van der Waals surface area contributed by atoms with Crippen LogP contribution in [-0.2, 0) is 4.79 Å². The maximum Gasteiger partial charge on any atom is 0.132 e. The van der Waals surface area contributed by atoms with Gasteiger partial charge in [0.1, 0.15) is 5.78 Å². The molecular weight excluding hydrogens is 421 g/mol. The topological polar surface area (TPSA) is 17.1 Å². The third-order valence-corrected chi connectivity index (χ3v) is 5.36. The summed E-state index contributed by atoms with van der Waals surface area (Å²) >= 11 is 0. The monoisotopic (exact) mass is 467 g/mol. The summed E-state index contributed by atoms with van der Waals surface area (Å²) in [5.41, 5.74) is 0. The SMILES string of the molecule is CCCC[N+](CCCC)(CCCC)CCCC.O=C1CCCCC1.[I-]. The zero-order valence-electron chi connectivity index (χ0n) is 17.8. The largest absolute Gasteiger partial charge is 1.00 e. The molecule has 0 amide bonds. The Bertz CT molecular complexity index is 248. The second-order valence-electron chi connectivity index (χ2n) is 7.75. The fraction of sp³-hybridized carbons (Fsp3) is 0.955. The summed E-state index contributed by atoms with van der Waals surface area (Å²) in [5.74, 6) is 0.464. The van der Waals surface area contributed by atoms with Crippen LogP contribution in [0.5, 0.6) is 0 Å². The zero-order valence-corrected chi connectivity index (χ0v) is 19.9. The Balaban J connectivity index is 0. The molecule has 0 bridgehead atoms. The van der Waals surface area contributed by atoms with Crippen LogP contribution < -0.4 is 24.0 Å². The van der Waals surface area contributed by atoms with Crippen molar-refractivity contribution in [3.05, 3.63) is 0 Å². The van der Waals surface area contributed by atoms with Crippen molar-refractivity contribution in [1.82, 2.24) is 0 Å². The Morgan fingerprint density at radius 3 is 1.16 bits per heavy atom. The van der Waals surface area contributed by atoms with Crippen LogP contribution in [0.25, 0.3) is 0 Å². The van der Waals surface area contributed by atoms with Crippen LogP contribution in [0.4, 0.5) is 0 Å². The van der Waals surface area contributed by atoms with E-state index in [4.69, 9.17) is 0 Å². The summed E-state index contributed by atoms with van der Waals surface area (Å²) in [4.78, 5) is 10.5. The van der Waals surface area contributed by atoms with E-state index in [-0.39, 0.29) is 24.0 Å². The molecule has 152 valence electrons. The standard InChI is InChI=1S/C16H36N.C6H10O.HI/c1-5-9-13-17(14-10-6-2,15-11-7-3)16-12-8-4;7-6-4-2-1-3-5-6;/h5-16H2,1-4H3;1-5H2;1H/q+1;;/p-1. The van der Waals surface area contributed by atoms with E-state index in [1.165, 1.54) is 88.4 Å². The fourth-order valence-electron chi connectivity index (χ4n) is 3.59. The van der Waals surface area contributed by atoms with E-state index in [1.807, 2.05) is 0 Å². The highest BCUT2D eigenvalue weighted by atomic mass is 127. The highest BCUT2D eigenvalue weighted by Gasteiger charge is 2.24. The molecule has 0 spiro atoms. The lowest BCUT2D eigenvalue weighted by molar-refractivity contribution is -0.929. The molecule has 2 nitrogen and oxygen atoms in total. The molecule has 25 heavy (non-hydrogen) atoms. The van der Waals surface area contributed by atoms with Crippen molar-refractivity contribution >= 4 is 5.78 Å². The summed E-state index contributed by atoms with van der Waals surface area (Å²) in [6.45, 7) is 15.0. The highest BCUT2D eigenvalue weighted by molar-refractivity contribution is 5.78. The first-order chi connectivity index (χ1) is 11.6. The van der Waals surface area contributed by atoms with Gasteiger partial charge in [0.25, 0.3) is 0 Å². The van der Waals surface area contributed by atoms with Gasteiger partial charge in [-0.2, -0.15) is 0 Å². The first kappa shape index (κ1) is 27.6. The van der Waals surface area contributed by atoms with Gasteiger partial charge in [0, 0.05) is 12.8 Å². The Labute approximate surface area is 176 Å². The number of rotatable bonds is 12. The summed E-state index contributed by atoms with van der Waals surface area (Å²) < 4.78 is 1.42. The van der Waals surface area contributed by atoms with Crippen LogP contribution in [0.3, 0.4) is 0 Å². The normalized spacial score (nSPS) is 14.5. The van der Waals surface area contributed by atoms with Crippen molar-refractivity contribution in [2.45, 2.75) is 111 Å². The molecule has 1 saturated carbocycles. The van der Waals surface area contributed by atoms with Crippen molar-refractivity contribution in [3.63, 3.8) is 0 Å². The van der Waals surface area contributed by atoms with E-state index in [0.717, 1.165) is 25.7 Å². The lowest BCUT2D eigenvalue weighted by Crippen LogP contribution is -3.00. The number of halogens is 1. The first-order valence-electron chi connectivity index (χ1n) is 11.0. The molecular formula is C22H46INO. The molecule has 1 aliphatic carbocycles. The summed E-state index contributed by atoms with van der Waals surface area (Å²) in [7, 11) is 0. The quantitative estimate of drug-likeness (QED) is 0.317. The van der Waals surface area contributed by atoms with Gasteiger partial charge in [-0.25, -0.2) is 0 Å². The second kappa shape index (κ2) is 19.1. The molecule has 0 aromatic rings. The van der Waals surface area contributed by atoms with Crippen LogP contribution in [-0.4, -0.2) is 36.4 Å². The summed E-state index contributed by atoms with van der Waals surface area (Å²) in [5, 5.41) is 0. The lowest BCUT2D eigenvalue weighted by Gasteiger charge is -2.39. The molecule has 1 fully saturated rings. The lowest BCUT2D eigenvalue weighted by atomic mass is 10.00. The molecule has 0 heterocycles. The van der Waals surface area contributed by atoms with Crippen molar-refractivity contribution in [1.29, 1.82) is 0 Å². The molecule has 0 aromatic carbocycles. The molecule has 3 heteroatoms. The number of nitrogens with zero attached hydrogens (tertiary/aromatic N) is 1. The van der Waals surface area contributed by atoms with Crippen molar-refractivity contribution in [2.24, 2.45) is 0 Å². The fourth-order valence-corrected chi connectivity index (χ4v) is 3.59. The van der Waals surface area contributed by atoms with Crippen LogP contribution in [0.1, 0.15) is 111 Å². The summed E-state index contributed by atoms with van der Waals surface area (Å²) in [6.07, 6.45) is 16.3. The number of Topliss-reactive ketones (excluding diaryl/α,β-unsaturated/α-hetero) is 1. The van der Waals surface area contributed by atoms with E-state index < -0.39 is 0 Å². The predicted octanol–water partition coefficient (Wildman–Crippen LogP) is 3.53. The molecule has 1 rings (SSSR count). The number of hydrogen-bond acceptors (Lipinski definition) is 1. The average molecular weight is 468 g/mol. The van der Waals surface area contributed by atoms with Crippen molar-refractivity contribution < 1.29 is 33.3 Å². The summed E-state index contributed by atoms with van der Waals surface area (Å²) in [6, 6.07) is 0. The van der Waals surface area contributed by atoms with E-state index in [9.17, 15) is 4.79 Å². The van der Waals surface area contributed by atoms with Gasteiger partial charge in [-0.15, -0.1) is 0 Å². The van der Waals surface area contributed by atoms with Gasteiger partial charge in [-0.3, -0.25) is 4.79 Å². The minimum Gasteiger partial charge on any atom is -1.00 e. The molecule has 0 radical (unpaired) electrons. The number of hydrogen-bond donors (Lipinski definition) is 0. The molecule has 0 aromatic heterocycles. The number of ketones is 1. The average Bonchev–Trinajstić information content (AvgIpc) is 2.62. The molecule has 0 saturated heterocycles. The van der Waals surface area contributed by atoms with Gasteiger partial charge < -0.3 is 28.5 Å².